The molecule has 1 saturated heterocycles. The lowest BCUT2D eigenvalue weighted by molar-refractivity contribution is 0.128. The summed E-state index contributed by atoms with van der Waals surface area (Å²) in [6.07, 6.45) is 7.85. The summed E-state index contributed by atoms with van der Waals surface area (Å²) in [5, 5.41) is 3.50. The van der Waals surface area contributed by atoms with Crippen LogP contribution in [-0.2, 0) is 0 Å². The second-order valence-corrected chi connectivity index (χ2v) is 4.75. The van der Waals surface area contributed by atoms with E-state index in [1.807, 2.05) is 0 Å². The minimum atomic E-state index is 0.209. The summed E-state index contributed by atoms with van der Waals surface area (Å²) in [6, 6.07) is 0.335. The van der Waals surface area contributed by atoms with Crippen molar-refractivity contribution in [3.63, 3.8) is 0 Å². The van der Waals surface area contributed by atoms with Gasteiger partial charge in [0.2, 0.25) is 0 Å². The van der Waals surface area contributed by atoms with Crippen molar-refractivity contribution in [1.82, 2.24) is 10.2 Å². The number of hydrogen-bond donors (Lipinski definition) is 1. The fraction of sp³-hybridized carbons (Fsp3) is 0.833. The van der Waals surface area contributed by atoms with Gasteiger partial charge in [0.25, 0.3) is 0 Å². The molecule has 1 N–H and O–H groups in total. The molecule has 2 nitrogen and oxygen atoms in total. The first-order valence-corrected chi connectivity index (χ1v) is 5.54. The minimum Gasteiger partial charge on any atom is -0.309 e. The molecule has 0 aromatic rings. The van der Waals surface area contributed by atoms with Crippen molar-refractivity contribution in [2.24, 2.45) is 0 Å². The zero-order chi connectivity index (χ0) is 10.6. The van der Waals surface area contributed by atoms with Crippen LogP contribution in [0.3, 0.4) is 0 Å². The average Bonchev–Trinajstić information content (AvgIpc) is 2.12. The Labute approximate surface area is 88.1 Å². The van der Waals surface area contributed by atoms with Crippen LogP contribution >= 0.6 is 0 Å². The summed E-state index contributed by atoms with van der Waals surface area (Å²) in [5.74, 6) is 2.91. The molecule has 1 aliphatic rings. The summed E-state index contributed by atoms with van der Waals surface area (Å²) >= 11 is 0. The van der Waals surface area contributed by atoms with Crippen LogP contribution in [0.4, 0.5) is 0 Å². The van der Waals surface area contributed by atoms with E-state index >= 15 is 0 Å². The molecule has 0 bridgehead atoms. The molecule has 0 amide bonds. The van der Waals surface area contributed by atoms with Crippen molar-refractivity contribution in [3.8, 4) is 12.3 Å². The first kappa shape index (κ1) is 11.6. The van der Waals surface area contributed by atoms with Gasteiger partial charge in [0.1, 0.15) is 0 Å². The van der Waals surface area contributed by atoms with Gasteiger partial charge in [-0.15, -0.1) is 6.42 Å². The third-order valence-corrected chi connectivity index (χ3v) is 2.80. The van der Waals surface area contributed by atoms with Crippen LogP contribution < -0.4 is 5.32 Å². The molecule has 1 atom stereocenters. The van der Waals surface area contributed by atoms with Gasteiger partial charge in [-0.05, 0) is 20.3 Å². The molecule has 1 heterocycles. The summed E-state index contributed by atoms with van der Waals surface area (Å²) in [4.78, 5) is 2.43. The van der Waals surface area contributed by atoms with Crippen LogP contribution in [0.5, 0.6) is 0 Å². The minimum absolute atomic E-state index is 0.209. The molecule has 0 aliphatic carbocycles. The third kappa shape index (κ3) is 3.01. The van der Waals surface area contributed by atoms with Crippen molar-refractivity contribution >= 4 is 0 Å². The summed E-state index contributed by atoms with van der Waals surface area (Å²) in [7, 11) is 0. The van der Waals surface area contributed by atoms with E-state index in [9.17, 15) is 0 Å². The molecule has 80 valence electrons. The maximum atomic E-state index is 5.57. The highest BCUT2D eigenvalue weighted by Gasteiger charge is 2.28. The zero-order valence-electron chi connectivity index (χ0n) is 9.64. The van der Waals surface area contributed by atoms with Crippen LogP contribution in [-0.4, -0.2) is 36.1 Å². The molecule has 1 fully saturated rings. The van der Waals surface area contributed by atoms with Gasteiger partial charge in [-0.1, -0.05) is 19.3 Å². The molecular formula is C12H22N2. The Kier molecular flexibility index (Phi) is 3.97. The lowest BCUT2D eigenvalue weighted by Gasteiger charge is -2.41. The van der Waals surface area contributed by atoms with E-state index in [1.54, 1.807) is 0 Å². The molecule has 0 saturated carbocycles. The highest BCUT2D eigenvalue weighted by Crippen LogP contribution is 2.15. The number of piperazine rings is 1. The Bertz CT molecular complexity index is 215. The van der Waals surface area contributed by atoms with Crippen molar-refractivity contribution in [2.45, 2.75) is 45.2 Å². The highest BCUT2D eigenvalue weighted by atomic mass is 15.2. The SMILES string of the molecule is C#CC(CCC)N1CCNC(C)(C)C1. The van der Waals surface area contributed by atoms with Crippen LogP contribution in [0, 0.1) is 12.3 Å². The van der Waals surface area contributed by atoms with E-state index in [0.29, 0.717) is 6.04 Å². The van der Waals surface area contributed by atoms with Gasteiger partial charge in [-0.25, -0.2) is 0 Å². The number of terminal acetylenes is 1. The Balaban J connectivity index is 2.54. The van der Waals surface area contributed by atoms with Gasteiger partial charge in [-0.3, -0.25) is 4.90 Å². The third-order valence-electron chi connectivity index (χ3n) is 2.80. The number of hydrogen-bond acceptors (Lipinski definition) is 2. The number of rotatable bonds is 3. The Hall–Kier alpha value is -0.520. The van der Waals surface area contributed by atoms with Crippen LogP contribution in [0.2, 0.25) is 0 Å². The van der Waals surface area contributed by atoms with Crippen LogP contribution in [0.25, 0.3) is 0 Å². The smallest absolute Gasteiger partial charge is 0.0712 e. The van der Waals surface area contributed by atoms with E-state index in [1.165, 1.54) is 6.42 Å². The highest BCUT2D eigenvalue weighted by molar-refractivity contribution is 5.02. The molecule has 1 unspecified atom stereocenters. The second kappa shape index (κ2) is 4.82. The molecule has 0 radical (unpaired) electrons. The predicted molar refractivity (Wildman–Crippen MR) is 61.2 cm³/mol. The van der Waals surface area contributed by atoms with E-state index in [4.69, 9.17) is 6.42 Å². The normalized spacial score (nSPS) is 24.1. The zero-order valence-corrected chi connectivity index (χ0v) is 9.64. The van der Waals surface area contributed by atoms with E-state index in [0.717, 1.165) is 26.1 Å². The van der Waals surface area contributed by atoms with E-state index in [-0.39, 0.29) is 5.54 Å². The van der Waals surface area contributed by atoms with Gasteiger partial charge < -0.3 is 5.32 Å². The molecule has 0 aromatic heterocycles. The maximum Gasteiger partial charge on any atom is 0.0712 e. The topological polar surface area (TPSA) is 15.3 Å². The average molecular weight is 194 g/mol. The quantitative estimate of drug-likeness (QED) is 0.685. The molecule has 1 rings (SSSR count). The molecule has 0 aromatic carbocycles. The van der Waals surface area contributed by atoms with Crippen molar-refractivity contribution in [2.75, 3.05) is 19.6 Å². The second-order valence-electron chi connectivity index (χ2n) is 4.75. The van der Waals surface area contributed by atoms with Crippen LogP contribution in [0.1, 0.15) is 33.6 Å². The van der Waals surface area contributed by atoms with Gasteiger partial charge in [0.05, 0.1) is 6.04 Å². The summed E-state index contributed by atoms with van der Waals surface area (Å²) in [6.45, 7) is 9.85. The van der Waals surface area contributed by atoms with Gasteiger partial charge >= 0.3 is 0 Å². The molecular weight excluding hydrogens is 172 g/mol. The first-order valence-electron chi connectivity index (χ1n) is 5.54. The van der Waals surface area contributed by atoms with E-state index in [2.05, 4.69) is 36.9 Å². The molecule has 0 spiro atoms. The van der Waals surface area contributed by atoms with Crippen molar-refractivity contribution < 1.29 is 0 Å². The number of nitrogens with zero attached hydrogens (tertiary/aromatic N) is 1. The number of nitrogens with one attached hydrogen (secondary N) is 1. The Morgan fingerprint density at radius 1 is 1.57 bits per heavy atom. The molecule has 1 aliphatic heterocycles. The summed E-state index contributed by atoms with van der Waals surface area (Å²) < 4.78 is 0. The Morgan fingerprint density at radius 3 is 2.79 bits per heavy atom. The maximum absolute atomic E-state index is 5.57. The fourth-order valence-corrected chi connectivity index (χ4v) is 2.09. The van der Waals surface area contributed by atoms with Crippen molar-refractivity contribution in [1.29, 1.82) is 0 Å². The fourth-order valence-electron chi connectivity index (χ4n) is 2.09. The van der Waals surface area contributed by atoms with Crippen LogP contribution in [0.15, 0.2) is 0 Å². The largest absolute Gasteiger partial charge is 0.309 e. The summed E-state index contributed by atoms with van der Waals surface area (Å²) in [5.41, 5.74) is 0.209. The van der Waals surface area contributed by atoms with Crippen molar-refractivity contribution in [3.05, 3.63) is 0 Å². The van der Waals surface area contributed by atoms with Gasteiger partial charge in [0.15, 0.2) is 0 Å². The molecule has 2 heteroatoms. The lowest BCUT2D eigenvalue weighted by Crippen LogP contribution is -2.59. The predicted octanol–water partition coefficient (Wildman–Crippen LogP) is 1.47. The molecule has 14 heavy (non-hydrogen) atoms. The standard InChI is InChI=1S/C12H22N2/c1-5-7-11(6-2)14-9-8-13-12(3,4)10-14/h2,11,13H,5,7-10H2,1,3-4H3. The monoisotopic (exact) mass is 194 g/mol. The van der Waals surface area contributed by atoms with Gasteiger partial charge in [0, 0.05) is 25.2 Å². The lowest BCUT2D eigenvalue weighted by atomic mass is 9.99. The van der Waals surface area contributed by atoms with E-state index < -0.39 is 0 Å². The first-order chi connectivity index (χ1) is 6.59. The van der Waals surface area contributed by atoms with Gasteiger partial charge in [-0.2, -0.15) is 0 Å². The Morgan fingerprint density at radius 2 is 2.29 bits per heavy atom.